The lowest BCUT2D eigenvalue weighted by Gasteiger charge is -2.10. The molecule has 0 saturated carbocycles. The summed E-state index contributed by atoms with van der Waals surface area (Å²) in [7, 11) is 0. The zero-order valence-electron chi connectivity index (χ0n) is 11.2. The van der Waals surface area contributed by atoms with Crippen LogP contribution < -0.4 is 10.6 Å². The average Bonchev–Trinajstić information content (AvgIpc) is 2.88. The summed E-state index contributed by atoms with van der Waals surface area (Å²) < 4.78 is 5.28. The van der Waals surface area contributed by atoms with Gasteiger partial charge in [0.05, 0.1) is 12.8 Å². The molecule has 0 atom stereocenters. The third kappa shape index (κ3) is 8.99. The molecular weight excluding hydrogens is 373 g/mol. The molecule has 0 fully saturated rings. The summed E-state index contributed by atoms with van der Waals surface area (Å²) in [5, 5.41) is 6.46. The molecule has 0 radical (unpaired) electrons. The van der Waals surface area contributed by atoms with Crippen molar-refractivity contribution in [3.05, 3.63) is 36.8 Å². The van der Waals surface area contributed by atoms with Crippen molar-refractivity contribution in [2.24, 2.45) is 4.99 Å². The molecule has 19 heavy (non-hydrogen) atoms. The summed E-state index contributed by atoms with van der Waals surface area (Å²) in [4.78, 5) is 4.47. The van der Waals surface area contributed by atoms with Crippen LogP contribution in [0, 0.1) is 0 Å². The van der Waals surface area contributed by atoms with Crippen molar-refractivity contribution in [3.8, 4) is 0 Å². The monoisotopic (exact) mass is 395 g/mol. The fraction of sp³-hybridized carbons (Fsp3) is 0.462. The minimum atomic E-state index is 0. The lowest BCUT2D eigenvalue weighted by molar-refractivity contribution is 0.507. The Hall–Kier alpha value is -0.630. The number of thioether (sulfide) groups is 1. The molecule has 108 valence electrons. The largest absolute Gasteiger partial charge is 0.469 e. The van der Waals surface area contributed by atoms with Crippen LogP contribution in [-0.4, -0.2) is 37.6 Å². The molecule has 0 bridgehead atoms. The van der Waals surface area contributed by atoms with E-state index in [1.165, 1.54) is 0 Å². The molecule has 0 unspecified atom stereocenters. The van der Waals surface area contributed by atoms with E-state index in [1.54, 1.807) is 18.0 Å². The molecule has 0 aliphatic rings. The Morgan fingerprint density at radius 3 is 3.00 bits per heavy atom. The second-order valence-electron chi connectivity index (χ2n) is 3.65. The van der Waals surface area contributed by atoms with E-state index in [4.69, 9.17) is 4.42 Å². The Bertz CT molecular complexity index is 355. The Kier molecular flexibility index (Phi) is 12.0. The van der Waals surface area contributed by atoms with Gasteiger partial charge in [-0.2, -0.15) is 11.8 Å². The third-order valence-corrected chi connectivity index (χ3v) is 2.81. The van der Waals surface area contributed by atoms with E-state index in [-0.39, 0.29) is 24.0 Å². The number of halogens is 1. The summed E-state index contributed by atoms with van der Waals surface area (Å²) in [5.41, 5.74) is 0. The van der Waals surface area contributed by atoms with Crippen molar-refractivity contribution in [3.63, 3.8) is 0 Å². The fourth-order valence-electron chi connectivity index (χ4n) is 1.35. The number of nitrogens with one attached hydrogen (secondary N) is 2. The van der Waals surface area contributed by atoms with E-state index in [1.807, 2.05) is 18.2 Å². The SMILES string of the molecule is C=CCNC(=NCCSC)NCCc1ccco1.I. The van der Waals surface area contributed by atoms with Gasteiger partial charge in [0.1, 0.15) is 5.76 Å². The summed E-state index contributed by atoms with van der Waals surface area (Å²) in [6, 6.07) is 3.88. The summed E-state index contributed by atoms with van der Waals surface area (Å²) in [6.45, 7) is 6.02. The van der Waals surface area contributed by atoms with Gasteiger partial charge in [0.15, 0.2) is 5.96 Å². The highest BCUT2D eigenvalue weighted by atomic mass is 127. The zero-order valence-corrected chi connectivity index (χ0v) is 14.4. The number of nitrogens with zero attached hydrogens (tertiary/aromatic N) is 1. The van der Waals surface area contributed by atoms with E-state index < -0.39 is 0 Å². The number of guanidine groups is 1. The highest BCUT2D eigenvalue weighted by Crippen LogP contribution is 1.99. The van der Waals surface area contributed by atoms with Crippen molar-refractivity contribution in [2.45, 2.75) is 6.42 Å². The number of aliphatic imine (C=N–C) groups is 1. The molecule has 1 aromatic heterocycles. The summed E-state index contributed by atoms with van der Waals surface area (Å²) in [5.74, 6) is 2.84. The molecule has 0 saturated heterocycles. The topological polar surface area (TPSA) is 49.6 Å². The molecule has 0 aromatic carbocycles. The Balaban J connectivity index is 0.00000324. The first-order valence-corrected chi connectivity index (χ1v) is 7.40. The molecule has 0 spiro atoms. The minimum absolute atomic E-state index is 0. The van der Waals surface area contributed by atoms with Gasteiger partial charge in [0, 0.05) is 25.3 Å². The lowest BCUT2D eigenvalue weighted by atomic mass is 10.3. The smallest absolute Gasteiger partial charge is 0.191 e. The van der Waals surface area contributed by atoms with E-state index in [2.05, 4.69) is 28.5 Å². The van der Waals surface area contributed by atoms with Gasteiger partial charge in [-0.05, 0) is 18.4 Å². The van der Waals surface area contributed by atoms with Crippen LogP contribution in [0.15, 0.2) is 40.5 Å². The maximum atomic E-state index is 5.28. The number of rotatable bonds is 8. The van der Waals surface area contributed by atoms with Gasteiger partial charge in [-0.25, -0.2) is 0 Å². The van der Waals surface area contributed by atoms with E-state index in [0.717, 1.165) is 37.0 Å². The summed E-state index contributed by atoms with van der Waals surface area (Å²) in [6.07, 6.45) is 6.44. The summed E-state index contributed by atoms with van der Waals surface area (Å²) >= 11 is 1.79. The standard InChI is InChI=1S/C13H21N3OS.HI/c1-3-7-14-13(16-9-11-18-2)15-8-6-12-5-4-10-17-12;/h3-5,10H,1,6-9,11H2,2H3,(H2,14,15,16);1H. The highest BCUT2D eigenvalue weighted by Gasteiger charge is 1.98. The van der Waals surface area contributed by atoms with Gasteiger partial charge in [0.25, 0.3) is 0 Å². The molecule has 1 rings (SSSR count). The molecule has 4 nitrogen and oxygen atoms in total. The second-order valence-corrected chi connectivity index (χ2v) is 4.63. The normalized spacial score (nSPS) is 10.7. The predicted molar refractivity (Wildman–Crippen MR) is 94.7 cm³/mol. The van der Waals surface area contributed by atoms with Crippen LogP contribution in [0.4, 0.5) is 0 Å². The van der Waals surface area contributed by atoms with Gasteiger partial charge < -0.3 is 15.1 Å². The van der Waals surface area contributed by atoms with Crippen LogP contribution in [0.5, 0.6) is 0 Å². The van der Waals surface area contributed by atoms with Crippen molar-refractivity contribution in [1.29, 1.82) is 0 Å². The van der Waals surface area contributed by atoms with Crippen LogP contribution in [-0.2, 0) is 6.42 Å². The number of hydrogen-bond donors (Lipinski definition) is 2. The van der Waals surface area contributed by atoms with E-state index in [0.29, 0.717) is 6.54 Å². The maximum absolute atomic E-state index is 5.28. The van der Waals surface area contributed by atoms with Crippen molar-refractivity contribution < 1.29 is 4.42 Å². The van der Waals surface area contributed by atoms with Gasteiger partial charge in [-0.3, -0.25) is 4.99 Å². The maximum Gasteiger partial charge on any atom is 0.191 e. The van der Waals surface area contributed by atoms with Crippen LogP contribution >= 0.6 is 35.7 Å². The van der Waals surface area contributed by atoms with Crippen LogP contribution in [0.2, 0.25) is 0 Å². The lowest BCUT2D eigenvalue weighted by Crippen LogP contribution is -2.38. The minimum Gasteiger partial charge on any atom is -0.469 e. The van der Waals surface area contributed by atoms with Crippen LogP contribution in [0.1, 0.15) is 5.76 Å². The fourth-order valence-corrected chi connectivity index (χ4v) is 1.62. The second kappa shape index (κ2) is 12.4. The average molecular weight is 395 g/mol. The van der Waals surface area contributed by atoms with E-state index >= 15 is 0 Å². The molecule has 6 heteroatoms. The van der Waals surface area contributed by atoms with Crippen molar-refractivity contribution in [2.75, 3.05) is 31.6 Å². The van der Waals surface area contributed by atoms with Gasteiger partial charge >= 0.3 is 0 Å². The highest BCUT2D eigenvalue weighted by molar-refractivity contribution is 14.0. The van der Waals surface area contributed by atoms with E-state index in [9.17, 15) is 0 Å². The van der Waals surface area contributed by atoms with Crippen LogP contribution in [0.25, 0.3) is 0 Å². The molecule has 1 aromatic rings. The van der Waals surface area contributed by atoms with Crippen LogP contribution in [0.3, 0.4) is 0 Å². The Morgan fingerprint density at radius 1 is 1.53 bits per heavy atom. The zero-order chi connectivity index (χ0) is 13.1. The van der Waals surface area contributed by atoms with Gasteiger partial charge in [-0.1, -0.05) is 6.08 Å². The quantitative estimate of drug-likeness (QED) is 0.234. The molecular formula is C13H22IN3OS. The Labute approximate surface area is 136 Å². The molecule has 0 aliphatic carbocycles. The predicted octanol–water partition coefficient (Wildman–Crippen LogP) is 2.52. The van der Waals surface area contributed by atoms with Gasteiger partial charge in [0.2, 0.25) is 0 Å². The van der Waals surface area contributed by atoms with Gasteiger partial charge in [-0.15, -0.1) is 30.6 Å². The first-order chi connectivity index (χ1) is 8.86. The van der Waals surface area contributed by atoms with Crippen molar-refractivity contribution in [1.82, 2.24) is 10.6 Å². The molecule has 1 heterocycles. The number of furan rings is 1. The molecule has 0 amide bonds. The molecule has 2 N–H and O–H groups in total. The van der Waals surface area contributed by atoms with Crippen molar-refractivity contribution >= 4 is 41.7 Å². The molecule has 0 aliphatic heterocycles. The Morgan fingerprint density at radius 2 is 2.37 bits per heavy atom. The first kappa shape index (κ1) is 18.4. The third-order valence-electron chi connectivity index (χ3n) is 2.22. The number of hydrogen-bond acceptors (Lipinski definition) is 3. The first-order valence-electron chi connectivity index (χ1n) is 6.01.